The molecule has 14 heavy (non-hydrogen) atoms. The van der Waals surface area contributed by atoms with Crippen LogP contribution in [0.4, 0.5) is 0 Å². The Morgan fingerprint density at radius 2 is 2.00 bits per heavy atom. The average molecular weight is 219 g/mol. The predicted octanol–water partition coefficient (Wildman–Crippen LogP) is 1.92. The minimum absolute atomic E-state index is 0.0587. The summed E-state index contributed by atoms with van der Waals surface area (Å²) in [7, 11) is 0. The Morgan fingerprint density at radius 3 is 2.36 bits per heavy atom. The lowest BCUT2D eigenvalue weighted by atomic mass is 10.1. The first-order valence-electron chi connectivity index (χ1n) is 4.83. The van der Waals surface area contributed by atoms with Gasteiger partial charge in [-0.25, -0.2) is 0 Å². The fraction of sp³-hybridized carbons (Fsp3) is 0.900. The second-order valence-electron chi connectivity index (χ2n) is 4.33. The van der Waals surface area contributed by atoms with Crippen LogP contribution in [0.25, 0.3) is 0 Å². The normalized spacial score (nSPS) is 12.1. The zero-order valence-corrected chi connectivity index (χ0v) is 10.4. The van der Waals surface area contributed by atoms with Crippen molar-refractivity contribution in [2.24, 2.45) is 0 Å². The van der Waals surface area contributed by atoms with Crippen LogP contribution in [0.2, 0.25) is 0 Å². The largest absolute Gasteiger partial charge is 0.480 e. The van der Waals surface area contributed by atoms with Gasteiger partial charge in [0.1, 0.15) is 0 Å². The predicted molar refractivity (Wildman–Crippen MR) is 62.0 cm³/mol. The molecule has 0 aromatic rings. The summed E-state index contributed by atoms with van der Waals surface area (Å²) in [6, 6.07) is 0. The Labute approximate surface area is 90.9 Å². The number of carboxylic acids is 1. The van der Waals surface area contributed by atoms with E-state index in [1.165, 1.54) is 0 Å². The smallest absolute Gasteiger partial charge is 0.317 e. The van der Waals surface area contributed by atoms with Crippen LogP contribution in [0.15, 0.2) is 0 Å². The van der Waals surface area contributed by atoms with Crippen molar-refractivity contribution < 1.29 is 9.90 Å². The average Bonchev–Trinajstić information content (AvgIpc) is 2.00. The zero-order chi connectivity index (χ0) is 11.2. The molecule has 0 aromatic carbocycles. The van der Waals surface area contributed by atoms with Gasteiger partial charge in [-0.2, -0.15) is 11.8 Å². The van der Waals surface area contributed by atoms with Gasteiger partial charge in [0.2, 0.25) is 0 Å². The first-order chi connectivity index (χ1) is 6.38. The molecule has 0 atom stereocenters. The van der Waals surface area contributed by atoms with Crippen LogP contribution in [-0.2, 0) is 4.79 Å². The first kappa shape index (κ1) is 13.8. The molecular formula is C10H21NO2S. The molecule has 0 heterocycles. The Bertz CT molecular complexity index is 177. The molecule has 0 unspecified atom stereocenters. The number of rotatable bonds is 6. The van der Waals surface area contributed by atoms with Crippen LogP contribution in [0.1, 0.15) is 27.2 Å². The highest BCUT2D eigenvalue weighted by Gasteiger charge is 2.22. The van der Waals surface area contributed by atoms with Gasteiger partial charge in [-0.15, -0.1) is 0 Å². The van der Waals surface area contributed by atoms with Crippen LogP contribution in [-0.4, -0.2) is 46.6 Å². The van der Waals surface area contributed by atoms with Gasteiger partial charge in [-0.1, -0.05) is 0 Å². The Hall–Kier alpha value is -0.220. The first-order valence-corrected chi connectivity index (χ1v) is 6.23. The summed E-state index contributed by atoms with van der Waals surface area (Å²) in [5, 5.41) is 8.76. The van der Waals surface area contributed by atoms with Crippen LogP contribution in [0.5, 0.6) is 0 Å². The summed E-state index contributed by atoms with van der Waals surface area (Å²) in [5.74, 6) is 0.343. The van der Waals surface area contributed by atoms with Crippen molar-refractivity contribution in [2.75, 3.05) is 25.1 Å². The molecule has 0 bridgehead atoms. The van der Waals surface area contributed by atoms with Crippen molar-refractivity contribution in [2.45, 2.75) is 32.7 Å². The maximum atomic E-state index is 10.6. The molecular weight excluding hydrogens is 198 g/mol. The molecule has 0 fully saturated rings. The van der Waals surface area contributed by atoms with E-state index in [4.69, 9.17) is 5.11 Å². The number of nitrogens with zero attached hydrogens (tertiary/aromatic N) is 1. The third kappa shape index (κ3) is 6.27. The zero-order valence-electron chi connectivity index (χ0n) is 9.54. The summed E-state index contributed by atoms with van der Waals surface area (Å²) in [5.41, 5.74) is -0.0587. The molecule has 0 aliphatic heterocycles. The highest BCUT2D eigenvalue weighted by Crippen LogP contribution is 2.13. The number of thioether (sulfide) groups is 1. The third-order valence-electron chi connectivity index (χ3n) is 2.05. The quantitative estimate of drug-likeness (QED) is 0.693. The van der Waals surface area contributed by atoms with Crippen molar-refractivity contribution >= 4 is 17.7 Å². The van der Waals surface area contributed by atoms with Crippen LogP contribution in [0, 0.1) is 0 Å². The van der Waals surface area contributed by atoms with E-state index >= 15 is 0 Å². The van der Waals surface area contributed by atoms with Crippen molar-refractivity contribution in [3.8, 4) is 0 Å². The minimum atomic E-state index is -0.746. The molecule has 0 saturated carbocycles. The van der Waals surface area contributed by atoms with Gasteiger partial charge in [0.05, 0.1) is 6.54 Å². The molecule has 0 saturated heterocycles. The van der Waals surface area contributed by atoms with E-state index in [1.54, 1.807) is 11.8 Å². The van der Waals surface area contributed by atoms with E-state index in [2.05, 4.69) is 27.0 Å². The van der Waals surface area contributed by atoms with E-state index in [0.717, 1.165) is 18.7 Å². The lowest BCUT2D eigenvalue weighted by Crippen LogP contribution is -2.45. The SMILES string of the molecule is CSCCCN(CC(=O)O)C(C)(C)C. The monoisotopic (exact) mass is 219 g/mol. The maximum absolute atomic E-state index is 10.6. The number of carboxylic acid groups (broad SMARTS) is 1. The summed E-state index contributed by atoms with van der Waals surface area (Å²) in [4.78, 5) is 12.6. The number of hydrogen-bond acceptors (Lipinski definition) is 3. The summed E-state index contributed by atoms with van der Waals surface area (Å²) < 4.78 is 0. The van der Waals surface area contributed by atoms with Gasteiger partial charge in [0.15, 0.2) is 0 Å². The fourth-order valence-corrected chi connectivity index (χ4v) is 1.63. The van der Waals surface area contributed by atoms with Crippen LogP contribution in [0.3, 0.4) is 0 Å². The van der Waals surface area contributed by atoms with E-state index < -0.39 is 5.97 Å². The van der Waals surface area contributed by atoms with Gasteiger partial charge in [0.25, 0.3) is 0 Å². The molecule has 0 aliphatic carbocycles. The molecule has 84 valence electrons. The second kappa shape index (κ2) is 6.30. The maximum Gasteiger partial charge on any atom is 0.317 e. The molecule has 0 spiro atoms. The lowest BCUT2D eigenvalue weighted by Gasteiger charge is -2.34. The fourth-order valence-electron chi connectivity index (χ4n) is 1.21. The Morgan fingerprint density at radius 1 is 1.43 bits per heavy atom. The van der Waals surface area contributed by atoms with Gasteiger partial charge in [-0.05, 0) is 39.2 Å². The van der Waals surface area contributed by atoms with Gasteiger partial charge in [-0.3, -0.25) is 9.69 Å². The summed E-state index contributed by atoms with van der Waals surface area (Å²) in [6.45, 7) is 7.15. The highest BCUT2D eigenvalue weighted by atomic mass is 32.2. The van der Waals surface area contributed by atoms with E-state index in [0.29, 0.717) is 0 Å². The van der Waals surface area contributed by atoms with Gasteiger partial charge < -0.3 is 5.11 Å². The van der Waals surface area contributed by atoms with Gasteiger partial charge in [0, 0.05) is 12.1 Å². The number of hydrogen-bond donors (Lipinski definition) is 1. The molecule has 0 radical (unpaired) electrons. The Kier molecular flexibility index (Phi) is 6.20. The standard InChI is InChI=1S/C10H21NO2S/c1-10(2,3)11(8-9(12)13)6-5-7-14-4/h5-8H2,1-4H3,(H,12,13). The topological polar surface area (TPSA) is 40.5 Å². The number of aliphatic carboxylic acids is 1. The van der Waals surface area contributed by atoms with Crippen LogP contribution >= 0.6 is 11.8 Å². The molecule has 3 nitrogen and oxygen atoms in total. The van der Waals surface area contributed by atoms with E-state index in [1.807, 2.05) is 4.90 Å². The van der Waals surface area contributed by atoms with E-state index in [9.17, 15) is 4.79 Å². The lowest BCUT2D eigenvalue weighted by molar-refractivity contribution is -0.139. The molecule has 0 rings (SSSR count). The summed E-state index contributed by atoms with van der Waals surface area (Å²) >= 11 is 1.80. The second-order valence-corrected chi connectivity index (χ2v) is 5.32. The van der Waals surface area contributed by atoms with Crippen LogP contribution < -0.4 is 0 Å². The molecule has 4 heteroatoms. The highest BCUT2D eigenvalue weighted by molar-refractivity contribution is 7.98. The molecule has 1 N–H and O–H groups in total. The number of carbonyl (C=O) groups is 1. The van der Waals surface area contributed by atoms with E-state index in [-0.39, 0.29) is 12.1 Å². The van der Waals surface area contributed by atoms with Crippen molar-refractivity contribution in [1.29, 1.82) is 0 Å². The Balaban J connectivity index is 4.05. The molecule has 0 aromatic heterocycles. The van der Waals surface area contributed by atoms with Gasteiger partial charge >= 0.3 is 5.97 Å². The van der Waals surface area contributed by atoms with Crippen molar-refractivity contribution in [1.82, 2.24) is 4.90 Å². The summed E-state index contributed by atoms with van der Waals surface area (Å²) in [6.07, 6.45) is 3.12. The minimum Gasteiger partial charge on any atom is -0.480 e. The third-order valence-corrected chi connectivity index (χ3v) is 2.75. The molecule has 0 amide bonds. The van der Waals surface area contributed by atoms with Crippen molar-refractivity contribution in [3.63, 3.8) is 0 Å². The van der Waals surface area contributed by atoms with Crippen molar-refractivity contribution in [3.05, 3.63) is 0 Å². The molecule has 0 aliphatic rings.